The normalized spacial score (nSPS) is 29.1. The van der Waals surface area contributed by atoms with Crippen molar-refractivity contribution in [2.45, 2.75) is 77.5 Å². The van der Waals surface area contributed by atoms with Crippen molar-refractivity contribution in [3.8, 4) is 0 Å². The standard InChI is InChI=1S/C17H32N2O2/c1-4-16(20)13-9-15(18-14-7-5-6-8-14)11-19(10-13)17(21)12(2)3/h12-16,18,20H,4-11H2,1-3H3. The SMILES string of the molecule is CCC(O)C1CC(NC2CCCC2)CN(C(=O)C(C)C)C1. The molecule has 2 fully saturated rings. The van der Waals surface area contributed by atoms with E-state index in [1.54, 1.807) is 0 Å². The van der Waals surface area contributed by atoms with Crippen LogP contribution in [0.2, 0.25) is 0 Å². The molecule has 0 radical (unpaired) electrons. The van der Waals surface area contributed by atoms with Gasteiger partial charge in [0.25, 0.3) is 0 Å². The van der Waals surface area contributed by atoms with E-state index in [0.29, 0.717) is 12.1 Å². The van der Waals surface area contributed by atoms with Crippen LogP contribution in [0.5, 0.6) is 0 Å². The number of aliphatic hydroxyl groups excluding tert-OH is 1. The van der Waals surface area contributed by atoms with Crippen LogP contribution in [0, 0.1) is 11.8 Å². The van der Waals surface area contributed by atoms with Gasteiger partial charge in [-0.15, -0.1) is 0 Å². The van der Waals surface area contributed by atoms with E-state index < -0.39 is 0 Å². The molecule has 0 aromatic carbocycles. The summed E-state index contributed by atoms with van der Waals surface area (Å²) in [4.78, 5) is 14.3. The van der Waals surface area contributed by atoms with Crippen LogP contribution in [-0.4, -0.2) is 47.2 Å². The number of hydrogen-bond donors (Lipinski definition) is 2. The van der Waals surface area contributed by atoms with Gasteiger partial charge in [-0.05, 0) is 25.7 Å². The molecule has 2 rings (SSSR count). The van der Waals surface area contributed by atoms with Crippen molar-refractivity contribution in [2.24, 2.45) is 11.8 Å². The van der Waals surface area contributed by atoms with E-state index >= 15 is 0 Å². The van der Waals surface area contributed by atoms with Crippen molar-refractivity contribution in [1.29, 1.82) is 0 Å². The first kappa shape index (κ1) is 16.8. The van der Waals surface area contributed by atoms with Gasteiger partial charge in [0.15, 0.2) is 0 Å². The van der Waals surface area contributed by atoms with Crippen LogP contribution in [0.4, 0.5) is 0 Å². The van der Waals surface area contributed by atoms with Crippen LogP contribution < -0.4 is 5.32 Å². The zero-order chi connectivity index (χ0) is 15.4. The Morgan fingerprint density at radius 3 is 2.48 bits per heavy atom. The van der Waals surface area contributed by atoms with Crippen LogP contribution >= 0.6 is 0 Å². The minimum Gasteiger partial charge on any atom is -0.393 e. The Balaban J connectivity index is 2.00. The second-order valence-corrected chi connectivity index (χ2v) is 7.21. The summed E-state index contributed by atoms with van der Waals surface area (Å²) in [6, 6.07) is 0.958. The van der Waals surface area contributed by atoms with Crippen molar-refractivity contribution >= 4 is 5.91 Å². The molecule has 122 valence electrons. The van der Waals surface area contributed by atoms with Crippen molar-refractivity contribution in [3.63, 3.8) is 0 Å². The number of carbonyl (C=O) groups is 1. The molecule has 1 heterocycles. The van der Waals surface area contributed by atoms with Gasteiger partial charge in [-0.1, -0.05) is 33.6 Å². The topological polar surface area (TPSA) is 52.6 Å². The summed E-state index contributed by atoms with van der Waals surface area (Å²) in [6.45, 7) is 7.46. The lowest BCUT2D eigenvalue weighted by molar-refractivity contribution is -0.138. The summed E-state index contributed by atoms with van der Waals surface area (Å²) in [5, 5.41) is 14.0. The highest BCUT2D eigenvalue weighted by molar-refractivity contribution is 5.78. The third kappa shape index (κ3) is 4.43. The Kier molecular flexibility index (Phi) is 6.06. The Morgan fingerprint density at radius 1 is 1.24 bits per heavy atom. The number of amides is 1. The smallest absolute Gasteiger partial charge is 0.225 e. The van der Waals surface area contributed by atoms with Gasteiger partial charge in [-0.3, -0.25) is 4.79 Å². The van der Waals surface area contributed by atoms with Gasteiger partial charge < -0.3 is 15.3 Å². The summed E-state index contributed by atoms with van der Waals surface area (Å²) in [7, 11) is 0. The number of carbonyl (C=O) groups excluding carboxylic acids is 1. The van der Waals surface area contributed by atoms with E-state index in [0.717, 1.165) is 25.9 Å². The number of hydrogen-bond acceptors (Lipinski definition) is 3. The molecule has 1 aliphatic carbocycles. The lowest BCUT2D eigenvalue weighted by atomic mass is 9.87. The minimum atomic E-state index is -0.291. The number of nitrogens with one attached hydrogen (secondary N) is 1. The second kappa shape index (κ2) is 7.59. The third-order valence-electron chi connectivity index (χ3n) is 5.08. The molecule has 1 saturated carbocycles. The first-order valence-corrected chi connectivity index (χ1v) is 8.74. The lowest BCUT2D eigenvalue weighted by Gasteiger charge is -2.41. The molecule has 1 amide bonds. The number of piperidine rings is 1. The number of likely N-dealkylation sites (tertiary alicyclic amines) is 1. The van der Waals surface area contributed by atoms with E-state index in [4.69, 9.17) is 0 Å². The van der Waals surface area contributed by atoms with Gasteiger partial charge in [0.05, 0.1) is 6.10 Å². The fourth-order valence-corrected chi connectivity index (χ4v) is 3.84. The molecule has 2 N–H and O–H groups in total. The lowest BCUT2D eigenvalue weighted by Crippen LogP contribution is -2.55. The number of rotatable bonds is 5. The van der Waals surface area contributed by atoms with Gasteiger partial charge in [-0.25, -0.2) is 0 Å². The van der Waals surface area contributed by atoms with Gasteiger partial charge in [0, 0.05) is 37.0 Å². The summed E-state index contributed by atoms with van der Waals surface area (Å²) in [6.07, 6.45) is 6.63. The molecule has 3 atom stereocenters. The summed E-state index contributed by atoms with van der Waals surface area (Å²) < 4.78 is 0. The highest BCUT2D eigenvalue weighted by atomic mass is 16.3. The quantitative estimate of drug-likeness (QED) is 0.817. The molecular weight excluding hydrogens is 264 g/mol. The molecule has 1 aliphatic heterocycles. The first-order chi connectivity index (χ1) is 10.0. The van der Waals surface area contributed by atoms with Crippen molar-refractivity contribution < 1.29 is 9.90 Å². The average Bonchev–Trinajstić information content (AvgIpc) is 2.97. The van der Waals surface area contributed by atoms with E-state index in [-0.39, 0.29) is 23.8 Å². The Morgan fingerprint density at radius 2 is 1.90 bits per heavy atom. The van der Waals surface area contributed by atoms with Gasteiger partial charge >= 0.3 is 0 Å². The molecule has 0 aromatic rings. The molecular formula is C17H32N2O2. The molecule has 4 nitrogen and oxygen atoms in total. The highest BCUT2D eigenvalue weighted by Crippen LogP contribution is 2.25. The van der Waals surface area contributed by atoms with E-state index in [1.165, 1.54) is 25.7 Å². The van der Waals surface area contributed by atoms with Gasteiger partial charge in [0.2, 0.25) is 5.91 Å². The maximum atomic E-state index is 12.4. The largest absolute Gasteiger partial charge is 0.393 e. The fraction of sp³-hybridized carbons (Fsp3) is 0.941. The average molecular weight is 296 g/mol. The van der Waals surface area contributed by atoms with E-state index in [2.05, 4.69) is 5.32 Å². The highest BCUT2D eigenvalue weighted by Gasteiger charge is 2.34. The molecule has 0 aromatic heterocycles. The predicted octanol–water partition coefficient (Wildman–Crippen LogP) is 2.16. The zero-order valence-electron chi connectivity index (χ0n) is 13.8. The second-order valence-electron chi connectivity index (χ2n) is 7.21. The Hall–Kier alpha value is -0.610. The predicted molar refractivity (Wildman–Crippen MR) is 85.0 cm³/mol. The van der Waals surface area contributed by atoms with Crippen LogP contribution in [-0.2, 0) is 4.79 Å². The van der Waals surface area contributed by atoms with Crippen LogP contribution in [0.15, 0.2) is 0 Å². The van der Waals surface area contributed by atoms with Crippen LogP contribution in [0.25, 0.3) is 0 Å². The number of aliphatic hydroxyl groups is 1. The van der Waals surface area contributed by atoms with Gasteiger partial charge in [0.1, 0.15) is 0 Å². The molecule has 0 bridgehead atoms. The number of nitrogens with zero attached hydrogens (tertiary/aromatic N) is 1. The summed E-state index contributed by atoms with van der Waals surface area (Å²) in [5.41, 5.74) is 0. The Bertz CT molecular complexity index is 340. The van der Waals surface area contributed by atoms with Crippen molar-refractivity contribution in [1.82, 2.24) is 10.2 Å². The Labute approximate surface area is 129 Å². The minimum absolute atomic E-state index is 0.0367. The van der Waals surface area contributed by atoms with E-state index in [9.17, 15) is 9.90 Å². The van der Waals surface area contributed by atoms with Crippen LogP contribution in [0.3, 0.4) is 0 Å². The van der Waals surface area contributed by atoms with E-state index in [1.807, 2.05) is 25.7 Å². The zero-order valence-corrected chi connectivity index (χ0v) is 13.8. The van der Waals surface area contributed by atoms with Crippen LogP contribution in [0.1, 0.15) is 59.3 Å². The van der Waals surface area contributed by atoms with Crippen molar-refractivity contribution in [2.75, 3.05) is 13.1 Å². The van der Waals surface area contributed by atoms with Gasteiger partial charge in [-0.2, -0.15) is 0 Å². The maximum Gasteiger partial charge on any atom is 0.225 e. The summed E-state index contributed by atoms with van der Waals surface area (Å²) >= 11 is 0. The molecule has 3 unspecified atom stereocenters. The fourth-order valence-electron chi connectivity index (χ4n) is 3.84. The molecule has 1 saturated heterocycles. The summed E-state index contributed by atoms with van der Waals surface area (Å²) in [5.74, 6) is 0.473. The first-order valence-electron chi connectivity index (χ1n) is 8.74. The molecule has 2 aliphatic rings. The molecule has 0 spiro atoms. The molecule has 21 heavy (non-hydrogen) atoms. The molecule has 4 heteroatoms. The third-order valence-corrected chi connectivity index (χ3v) is 5.08. The van der Waals surface area contributed by atoms with Crippen molar-refractivity contribution in [3.05, 3.63) is 0 Å². The monoisotopic (exact) mass is 296 g/mol. The maximum absolute atomic E-state index is 12.4.